The first-order valence-electron chi connectivity index (χ1n) is 11.0. The second kappa shape index (κ2) is 10.3. The first kappa shape index (κ1) is 24.5. The lowest BCUT2D eigenvalue weighted by atomic mass is 10.1. The van der Waals surface area contributed by atoms with E-state index in [9.17, 15) is 8.42 Å². The topological polar surface area (TPSA) is 99.7 Å². The van der Waals surface area contributed by atoms with Crippen molar-refractivity contribution in [1.82, 2.24) is 14.7 Å². The van der Waals surface area contributed by atoms with Gasteiger partial charge in [0.15, 0.2) is 0 Å². The molecule has 1 unspecified atom stereocenters. The lowest BCUT2D eigenvalue weighted by molar-refractivity contribution is -0.0634. The van der Waals surface area contributed by atoms with E-state index >= 15 is 4.39 Å². The van der Waals surface area contributed by atoms with Gasteiger partial charge in [0.25, 0.3) is 0 Å². The molecule has 1 aliphatic rings. The Morgan fingerprint density at radius 2 is 2.06 bits per heavy atom. The van der Waals surface area contributed by atoms with Gasteiger partial charge in [0.2, 0.25) is 10.0 Å². The first-order valence-corrected chi connectivity index (χ1v) is 12.6. The molecule has 1 aromatic heterocycles. The van der Waals surface area contributed by atoms with E-state index in [1.807, 2.05) is 31.2 Å². The lowest BCUT2D eigenvalue weighted by Crippen LogP contribution is -2.43. The molecule has 0 bridgehead atoms. The summed E-state index contributed by atoms with van der Waals surface area (Å²) < 4.78 is 50.8. The summed E-state index contributed by atoms with van der Waals surface area (Å²) in [4.78, 5) is 1.95. The molecule has 0 spiro atoms. The highest BCUT2D eigenvalue weighted by Crippen LogP contribution is 2.23. The molecule has 182 valence electrons. The molecule has 1 saturated heterocycles. The number of hydrogen-bond acceptors (Lipinski definition) is 6. The van der Waals surface area contributed by atoms with Gasteiger partial charge in [0.1, 0.15) is 11.5 Å². The third kappa shape index (κ3) is 5.89. The van der Waals surface area contributed by atoms with Crippen molar-refractivity contribution in [3.63, 3.8) is 0 Å². The van der Waals surface area contributed by atoms with E-state index in [-0.39, 0.29) is 16.7 Å². The van der Waals surface area contributed by atoms with Crippen molar-refractivity contribution >= 4 is 10.0 Å². The van der Waals surface area contributed by atoms with Crippen LogP contribution in [0.4, 0.5) is 4.39 Å². The van der Waals surface area contributed by atoms with Crippen LogP contribution in [0.25, 0.3) is 5.69 Å². The molecule has 0 amide bonds. The summed E-state index contributed by atoms with van der Waals surface area (Å²) in [6.07, 6.45) is 0.538. The summed E-state index contributed by atoms with van der Waals surface area (Å²) in [5, 5.41) is 9.86. The van der Waals surface area contributed by atoms with Crippen LogP contribution in [0.2, 0.25) is 0 Å². The van der Waals surface area contributed by atoms with E-state index in [2.05, 4.69) is 11.0 Å². The molecule has 0 saturated carbocycles. The zero-order chi connectivity index (χ0) is 24.3. The molecular weight excluding hydrogens is 459 g/mol. The number of primary sulfonamides is 1. The van der Waals surface area contributed by atoms with Crippen LogP contribution in [-0.4, -0.2) is 62.6 Å². The SMILES string of the molecule is COCC1CN(Cc2cc(Cc3cccc(C)c3)n(-c3ccc(S(N)(=O)=O)cc3F)n2)CCO1. The molecule has 2 heterocycles. The fourth-order valence-corrected chi connectivity index (χ4v) is 4.72. The number of morpholine rings is 1. The predicted molar refractivity (Wildman–Crippen MR) is 126 cm³/mol. The number of halogens is 1. The zero-order valence-corrected chi connectivity index (χ0v) is 20.1. The highest BCUT2D eigenvalue weighted by Gasteiger charge is 2.23. The molecule has 8 nitrogen and oxygen atoms in total. The van der Waals surface area contributed by atoms with E-state index in [0.717, 1.165) is 35.1 Å². The Hall–Kier alpha value is -2.63. The Balaban J connectivity index is 1.67. The van der Waals surface area contributed by atoms with Gasteiger partial charge in [-0.25, -0.2) is 22.6 Å². The van der Waals surface area contributed by atoms with Crippen molar-refractivity contribution in [2.45, 2.75) is 30.9 Å². The maximum absolute atomic E-state index is 15.0. The minimum Gasteiger partial charge on any atom is -0.382 e. The van der Waals surface area contributed by atoms with E-state index in [0.29, 0.717) is 32.7 Å². The molecule has 4 rings (SSSR count). The molecular formula is C24H29FN4O4S. The van der Waals surface area contributed by atoms with Crippen LogP contribution in [0.5, 0.6) is 0 Å². The molecule has 3 aromatic rings. The van der Waals surface area contributed by atoms with Gasteiger partial charge in [-0.05, 0) is 36.8 Å². The van der Waals surface area contributed by atoms with Crippen molar-refractivity contribution in [2.75, 3.05) is 33.4 Å². The highest BCUT2D eigenvalue weighted by molar-refractivity contribution is 7.89. The van der Waals surface area contributed by atoms with Crippen molar-refractivity contribution in [3.8, 4) is 5.69 Å². The molecule has 0 radical (unpaired) electrons. The monoisotopic (exact) mass is 488 g/mol. The summed E-state index contributed by atoms with van der Waals surface area (Å²) >= 11 is 0. The molecule has 2 N–H and O–H groups in total. The van der Waals surface area contributed by atoms with Crippen molar-refractivity contribution in [1.29, 1.82) is 0 Å². The smallest absolute Gasteiger partial charge is 0.238 e. The number of nitrogens with zero attached hydrogens (tertiary/aromatic N) is 3. The number of hydrogen-bond donors (Lipinski definition) is 1. The molecule has 34 heavy (non-hydrogen) atoms. The zero-order valence-electron chi connectivity index (χ0n) is 19.3. The van der Waals surface area contributed by atoms with Crippen LogP contribution in [0.3, 0.4) is 0 Å². The Kier molecular flexibility index (Phi) is 7.44. The molecule has 1 atom stereocenters. The van der Waals surface area contributed by atoms with Crippen LogP contribution in [0.1, 0.15) is 22.5 Å². The van der Waals surface area contributed by atoms with Gasteiger partial charge in [-0.2, -0.15) is 5.10 Å². The predicted octanol–water partition coefficient (Wildman–Crippen LogP) is 2.41. The summed E-state index contributed by atoms with van der Waals surface area (Å²) in [7, 11) is -2.36. The van der Waals surface area contributed by atoms with E-state index in [1.54, 1.807) is 11.8 Å². The summed E-state index contributed by atoms with van der Waals surface area (Å²) in [6.45, 7) is 5.20. The Labute approximate surface area is 199 Å². The van der Waals surface area contributed by atoms with Gasteiger partial charge >= 0.3 is 0 Å². The normalized spacial score (nSPS) is 17.2. The summed E-state index contributed by atoms with van der Waals surface area (Å²) in [6, 6.07) is 13.7. The number of rotatable bonds is 8. The Morgan fingerprint density at radius 3 is 2.76 bits per heavy atom. The maximum Gasteiger partial charge on any atom is 0.238 e. The molecule has 10 heteroatoms. The van der Waals surface area contributed by atoms with Crippen molar-refractivity contribution in [3.05, 3.63) is 76.9 Å². The van der Waals surface area contributed by atoms with E-state index in [4.69, 9.17) is 19.7 Å². The number of aromatic nitrogens is 2. The first-order chi connectivity index (χ1) is 16.2. The van der Waals surface area contributed by atoms with Crippen molar-refractivity contribution < 1.29 is 22.3 Å². The number of aryl methyl sites for hydroxylation is 1. The quantitative estimate of drug-likeness (QED) is 0.523. The molecule has 1 fully saturated rings. The Bertz CT molecular complexity index is 1260. The molecule has 2 aromatic carbocycles. The molecule has 1 aliphatic heterocycles. The number of nitrogens with two attached hydrogens (primary N) is 1. The number of benzene rings is 2. The lowest BCUT2D eigenvalue weighted by Gasteiger charge is -2.31. The van der Waals surface area contributed by atoms with Gasteiger partial charge in [0.05, 0.1) is 29.9 Å². The maximum atomic E-state index is 15.0. The van der Waals surface area contributed by atoms with Crippen LogP contribution >= 0.6 is 0 Å². The number of ether oxygens (including phenoxy) is 2. The largest absolute Gasteiger partial charge is 0.382 e. The third-order valence-corrected chi connectivity index (χ3v) is 6.65. The minimum atomic E-state index is -4.01. The van der Waals surface area contributed by atoms with Crippen LogP contribution in [0.15, 0.2) is 53.4 Å². The average molecular weight is 489 g/mol. The molecule has 0 aliphatic carbocycles. The Morgan fingerprint density at radius 1 is 1.24 bits per heavy atom. The standard InChI is InChI=1S/C24H29FN4O4S/c1-17-4-3-5-18(10-17)11-20-12-19(14-28-8-9-33-21(15-28)16-32-2)27-29(20)24-7-6-22(13-23(24)25)34(26,30)31/h3-7,10,12-13,21H,8-9,11,14-16H2,1-2H3,(H2,26,30,31). The number of methoxy groups -OCH3 is 1. The second-order valence-corrected chi connectivity index (χ2v) is 10.1. The fraction of sp³-hybridized carbons (Fsp3) is 0.375. The van der Waals surface area contributed by atoms with E-state index < -0.39 is 15.8 Å². The highest BCUT2D eigenvalue weighted by atomic mass is 32.2. The van der Waals surface area contributed by atoms with Gasteiger partial charge in [-0.15, -0.1) is 0 Å². The average Bonchev–Trinajstić information content (AvgIpc) is 3.15. The number of sulfonamides is 1. The van der Waals surface area contributed by atoms with Crippen LogP contribution < -0.4 is 5.14 Å². The van der Waals surface area contributed by atoms with Gasteiger partial charge in [0, 0.05) is 38.9 Å². The van der Waals surface area contributed by atoms with Gasteiger partial charge < -0.3 is 9.47 Å². The van der Waals surface area contributed by atoms with E-state index in [1.165, 1.54) is 12.1 Å². The van der Waals surface area contributed by atoms with Crippen LogP contribution in [0, 0.1) is 12.7 Å². The van der Waals surface area contributed by atoms with Crippen molar-refractivity contribution in [2.24, 2.45) is 5.14 Å². The van der Waals surface area contributed by atoms with Gasteiger partial charge in [-0.3, -0.25) is 4.90 Å². The second-order valence-electron chi connectivity index (χ2n) is 8.55. The fourth-order valence-electron chi connectivity index (χ4n) is 4.19. The van der Waals surface area contributed by atoms with Gasteiger partial charge in [-0.1, -0.05) is 29.8 Å². The third-order valence-electron chi connectivity index (χ3n) is 5.74. The summed E-state index contributed by atoms with van der Waals surface area (Å²) in [5.74, 6) is -0.710. The summed E-state index contributed by atoms with van der Waals surface area (Å²) in [5.41, 5.74) is 3.95. The van der Waals surface area contributed by atoms with Crippen LogP contribution in [-0.2, 0) is 32.5 Å². The minimum absolute atomic E-state index is 0.00389.